The molecule has 0 saturated carbocycles. The van der Waals surface area contributed by atoms with E-state index in [0.29, 0.717) is 11.5 Å². The molecule has 0 aromatic carbocycles. The van der Waals surface area contributed by atoms with E-state index >= 15 is 0 Å². The minimum atomic E-state index is -1.09. The molecule has 0 bridgehead atoms. The Morgan fingerprint density at radius 3 is 2.52 bits per heavy atom. The van der Waals surface area contributed by atoms with Crippen LogP contribution in [0, 0.1) is 12.3 Å². The molecule has 0 aliphatic carbocycles. The van der Waals surface area contributed by atoms with Gasteiger partial charge in [0, 0.05) is 11.7 Å². The van der Waals surface area contributed by atoms with Crippen LogP contribution in [0.3, 0.4) is 0 Å². The number of nitrogens with one attached hydrogen (secondary N) is 1. The van der Waals surface area contributed by atoms with Gasteiger partial charge in [-0.1, -0.05) is 20.8 Å². The Kier molecular flexibility index (Phi) is 4.54. The predicted octanol–water partition coefficient (Wildman–Crippen LogP) is 5.23. The molecular formula is C21H27N3O3. The molecule has 0 unspecified atom stereocenters. The minimum Gasteiger partial charge on any atom is -0.475 e. The number of imidazole rings is 1. The first kappa shape index (κ1) is 19.0. The number of aromatic carboxylic acids is 1. The van der Waals surface area contributed by atoms with E-state index in [4.69, 9.17) is 14.5 Å². The second-order valence-corrected chi connectivity index (χ2v) is 8.96. The molecule has 3 rings (SSSR count). The number of nitrogens with zero attached hydrogens (tertiary/aromatic N) is 2. The van der Waals surface area contributed by atoms with Crippen LogP contribution in [0.5, 0.6) is 0 Å². The van der Waals surface area contributed by atoms with Gasteiger partial charge in [0.2, 0.25) is 5.76 Å². The number of carboxylic acid groups (broad SMARTS) is 1. The summed E-state index contributed by atoms with van der Waals surface area (Å²) in [6, 6.07) is 7.12. The van der Waals surface area contributed by atoms with Gasteiger partial charge in [-0.15, -0.1) is 0 Å². The molecule has 6 heteroatoms. The molecule has 3 aromatic heterocycles. The maximum absolute atomic E-state index is 11.2. The molecule has 144 valence electrons. The van der Waals surface area contributed by atoms with Crippen LogP contribution in [-0.2, 0) is 0 Å². The van der Waals surface area contributed by atoms with Gasteiger partial charge in [-0.05, 0) is 62.4 Å². The lowest BCUT2D eigenvalue weighted by molar-refractivity contribution is 0.0663. The summed E-state index contributed by atoms with van der Waals surface area (Å²) in [4.78, 5) is 15.9. The fourth-order valence-corrected chi connectivity index (χ4v) is 3.71. The number of anilines is 1. The number of rotatable bonds is 5. The molecule has 0 aliphatic rings. The van der Waals surface area contributed by atoms with E-state index in [9.17, 15) is 4.79 Å². The molecular weight excluding hydrogens is 342 g/mol. The average Bonchev–Trinajstić information content (AvgIpc) is 3.09. The number of hydrogen-bond donors (Lipinski definition) is 2. The van der Waals surface area contributed by atoms with Crippen molar-refractivity contribution in [3.8, 4) is 11.5 Å². The highest BCUT2D eigenvalue weighted by Gasteiger charge is 2.29. The van der Waals surface area contributed by atoms with Crippen LogP contribution in [0.2, 0.25) is 0 Å². The highest BCUT2D eigenvalue weighted by atomic mass is 16.4. The van der Waals surface area contributed by atoms with Crippen LogP contribution >= 0.6 is 0 Å². The number of furan rings is 1. The van der Waals surface area contributed by atoms with Crippen LogP contribution in [-0.4, -0.2) is 26.0 Å². The van der Waals surface area contributed by atoms with Gasteiger partial charge in [-0.2, -0.15) is 0 Å². The van der Waals surface area contributed by atoms with Crippen LogP contribution in [0.4, 0.5) is 5.82 Å². The summed E-state index contributed by atoms with van der Waals surface area (Å²) in [5.74, 6) is 0.0370. The number of hydrogen-bond acceptors (Lipinski definition) is 4. The number of carboxylic acids is 1. The maximum atomic E-state index is 11.2. The summed E-state index contributed by atoms with van der Waals surface area (Å²) < 4.78 is 7.51. The second-order valence-electron chi connectivity index (χ2n) is 8.96. The van der Waals surface area contributed by atoms with Crippen LogP contribution < -0.4 is 5.32 Å². The quantitative estimate of drug-likeness (QED) is 0.644. The van der Waals surface area contributed by atoms with Crippen LogP contribution in [0.1, 0.15) is 57.2 Å². The van der Waals surface area contributed by atoms with E-state index < -0.39 is 5.97 Å². The van der Waals surface area contributed by atoms with Gasteiger partial charge in [0.1, 0.15) is 17.2 Å². The Balaban J connectivity index is 2.12. The van der Waals surface area contributed by atoms with Crippen molar-refractivity contribution in [1.82, 2.24) is 9.38 Å². The summed E-state index contributed by atoms with van der Waals surface area (Å²) in [5, 5.41) is 12.8. The van der Waals surface area contributed by atoms with E-state index in [1.54, 1.807) is 6.07 Å². The zero-order valence-corrected chi connectivity index (χ0v) is 16.8. The molecule has 3 aromatic rings. The molecule has 27 heavy (non-hydrogen) atoms. The van der Waals surface area contributed by atoms with Crippen LogP contribution in [0.25, 0.3) is 17.1 Å². The van der Waals surface area contributed by atoms with Crippen molar-refractivity contribution in [3.63, 3.8) is 0 Å². The van der Waals surface area contributed by atoms with E-state index in [1.807, 2.05) is 29.7 Å². The summed E-state index contributed by atoms with van der Waals surface area (Å²) in [5.41, 5.74) is 2.44. The van der Waals surface area contributed by atoms with Gasteiger partial charge in [0.15, 0.2) is 5.76 Å². The van der Waals surface area contributed by atoms with Gasteiger partial charge >= 0.3 is 5.97 Å². The SMILES string of the molecule is Cc1ccn2c(NC(C)(C)CC(C)(C)C)c(-c3ccc(C(=O)O)o3)nc2c1. The van der Waals surface area contributed by atoms with Crippen molar-refractivity contribution in [3.05, 3.63) is 41.8 Å². The summed E-state index contributed by atoms with van der Waals surface area (Å²) in [6.07, 6.45) is 2.91. The molecule has 0 saturated heterocycles. The van der Waals surface area contributed by atoms with Crippen molar-refractivity contribution in [2.24, 2.45) is 5.41 Å². The first-order valence-corrected chi connectivity index (χ1v) is 9.06. The summed E-state index contributed by atoms with van der Waals surface area (Å²) in [7, 11) is 0. The largest absolute Gasteiger partial charge is 0.475 e. The molecule has 0 amide bonds. The Morgan fingerprint density at radius 2 is 1.93 bits per heavy atom. The summed E-state index contributed by atoms with van der Waals surface area (Å²) >= 11 is 0. The summed E-state index contributed by atoms with van der Waals surface area (Å²) in [6.45, 7) is 12.9. The Bertz CT molecular complexity index is 990. The minimum absolute atomic E-state index is 0.0989. The fraction of sp³-hybridized carbons (Fsp3) is 0.429. The third-order valence-electron chi connectivity index (χ3n) is 4.26. The fourth-order valence-electron chi connectivity index (χ4n) is 3.71. The van der Waals surface area contributed by atoms with Crippen molar-refractivity contribution in [1.29, 1.82) is 0 Å². The molecule has 2 N–H and O–H groups in total. The first-order chi connectivity index (χ1) is 12.5. The zero-order valence-electron chi connectivity index (χ0n) is 16.8. The van der Waals surface area contributed by atoms with Gasteiger partial charge in [0.25, 0.3) is 0 Å². The van der Waals surface area contributed by atoms with Crippen molar-refractivity contribution >= 4 is 17.4 Å². The molecule has 0 fully saturated rings. The van der Waals surface area contributed by atoms with Crippen molar-refractivity contribution in [2.45, 2.75) is 53.5 Å². The third kappa shape index (κ3) is 4.15. The lowest BCUT2D eigenvalue weighted by Gasteiger charge is -2.34. The number of carbonyl (C=O) groups is 1. The molecule has 0 aliphatic heterocycles. The Labute approximate surface area is 159 Å². The first-order valence-electron chi connectivity index (χ1n) is 9.06. The number of aryl methyl sites for hydroxylation is 1. The Morgan fingerprint density at radius 1 is 1.22 bits per heavy atom. The second kappa shape index (κ2) is 6.44. The molecule has 0 radical (unpaired) electrons. The van der Waals surface area contributed by atoms with Gasteiger partial charge in [-0.3, -0.25) is 4.40 Å². The predicted molar refractivity (Wildman–Crippen MR) is 106 cm³/mol. The standard InChI is InChI=1S/C21H27N3O3/c1-13-9-10-24-16(11-13)22-17(14-7-8-15(27-14)19(25)26)18(24)23-21(5,6)12-20(2,3)4/h7-11,23H,12H2,1-6H3,(H,25,26). The molecule has 0 spiro atoms. The van der Waals surface area contributed by atoms with Gasteiger partial charge in [-0.25, -0.2) is 9.78 Å². The highest BCUT2D eigenvalue weighted by molar-refractivity contribution is 5.86. The van der Waals surface area contributed by atoms with E-state index in [0.717, 1.165) is 23.4 Å². The van der Waals surface area contributed by atoms with E-state index in [-0.39, 0.29) is 16.7 Å². The van der Waals surface area contributed by atoms with E-state index in [2.05, 4.69) is 39.9 Å². The van der Waals surface area contributed by atoms with Crippen molar-refractivity contribution in [2.75, 3.05) is 5.32 Å². The normalized spacial score (nSPS) is 12.5. The van der Waals surface area contributed by atoms with Gasteiger partial charge < -0.3 is 14.8 Å². The number of fused-ring (bicyclic) bond motifs is 1. The van der Waals surface area contributed by atoms with Gasteiger partial charge in [0.05, 0.1) is 0 Å². The Hall–Kier alpha value is -2.76. The average molecular weight is 369 g/mol. The number of pyridine rings is 1. The maximum Gasteiger partial charge on any atom is 0.371 e. The smallest absolute Gasteiger partial charge is 0.371 e. The molecule has 6 nitrogen and oxygen atoms in total. The highest BCUT2D eigenvalue weighted by Crippen LogP contribution is 2.35. The molecule has 0 atom stereocenters. The number of aromatic nitrogens is 2. The lowest BCUT2D eigenvalue weighted by Crippen LogP contribution is -2.36. The monoisotopic (exact) mass is 369 g/mol. The van der Waals surface area contributed by atoms with Crippen molar-refractivity contribution < 1.29 is 14.3 Å². The van der Waals surface area contributed by atoms with Crippen LogP contribution in [0.15, 0.2) is 34.9 Å². The zero-order chi connectivity index (χ0) is 20.0. The third-order valence-corrected chi connectivity index (χ3v) is 4.26. The lowest BCUT2D eigenvalue weighted by atomic mass is 9.82. The van der Waals surface area contributed by atoms with E-state index in [1.165, 1.54) is 6.07 Å². The molecule has 3 heterocycles. The topological polar surface area (TPSA) is 79.8 Å².